The average molecular weight is 532 g/mol. The Hall–Kier alpha value is 0.727. The molecule has 10 radical (unpaired) electrons. The predicted octanol–water partition coefficient (Wildman–Crippen LogP) is 5.86. The van der Waals surface area contributed by atoms with Crippen molar-refractivity contribution in [3.63, 3.8) is 0 Å². The summed E-state index contributed by atoms with van der Waals surface area (Å²) in [7, 11) is 0. The van der Waals surface area contributed by atoms with Gasteiger partial charge in [-0.3, -0.25) is 0 Å². The Morgan fingerprint density at radius 1 is 0.346 bits per heavy atom. The molecule has 0 amide bonds. The van der Waals surface area contributed by atoms with Crippen LogP contribution < -0.4 is 0 Å². The van der Waals surface area contributed by atoms with Crippen LogP contribution in [0, 0.1) is 72.5 Å². The van der Waals surface area contributed by atoms with E-state index in [-0.39, 0.29) is 0 Å². The van der Waals surface area contributed by atoms with E-state index >= 15 is 0 Å². The summed E-state index contributed by atoms with van der Waals surface area (Å²) in [5.41, 5.74) is 0. The second kappa shape index (κ2) is 16.7. The summed E-state index contributed by atoms with van der Waals surface area (Å²) in [6.45, 7) is 31.0. The topological polar surface area (TPSA) is 39.8 Å². The van der Waals surface area contributed by atoms with E-state index in [0.29, 0.717) is 0 Å². The summed E-state index contributed by atoms with van der Waals surface area (Å²) < 4.78 is 15.0. The molecule has 0 heterocycles. The van der Waals surface area contributed by atoms with E-state index in [4.69, 9.17) is 9.30 Å². The van der Waals surface area contributed by atoms with E-state index in [0.717, 1.165) is 0 Å². The second-order valence-corrected chi connectivity index (χ2v) is 6.25. The zero-order chi connectivity index (χ0) is 21.8. The van der Waals surface area contributed by atoms with Gasteiger partial charge in [-0.1, -0.05) is 69.2 Å². The van der Waals surface area contributed by atoms with Crippen LogP contribution in [-0.2, 0) is 39.8 Å². The van der Waals surface area contributed by atoms with Gasteiger partial charge in [0.15, 0.2) is 0 Å². The molecule has 2 saturated carbocycles. The summed E-state index contributed by atoms with van der Waals surface area (Å²) in [4.78, 5) is 0. The molecule has 2 aliphatic rings. The van der Waals surface area contributed by atoms with Gasteiger partial charge in [0.1, 0.15) is 0 Å². The van der Waals surface area contributed by atoms with E-state index < -0.39 is 0 Å². The van der Waals surface area contributed by atoms with Crippen LogP contribution in [0.15, 0.2) is 0 Å². The zero-order valence-corrected chi connectivity index (χ0v) is 20.8. The Balaban J connectivity index is -0.000000316. The van der Waals surface area contributed by atoms with Gasteiger partial charge in [-0.2, -0.15) is 0 Å². The van der Waals surface area contributed by atoms with Gasteiger partial charge in [-0.25, -0.2) is 0 Å². The Morgan fingerprint density at radius 3 is 0.423 bits per heavy atom. The Labute approximate surface area is 180 Å². The van der Waals surface area contributed by atoms with Crippen molar-refractivity contribution in [2.75, 3.05) is 0 Å². The van der Waals surface area contributed by atoms with Crippen molar-refractivity contribution in [1.82, 2.24) is 0 Å². The van der Waals surface area contributed by atoms with Gasteiger partial charge in [0, 0.05) is 0 Å². The molecule has 0 atom stereocenters. The SMILES string of the molecule is C[C]1[C](C)[C](C)[C](C)[C]1C.C[C]1[C](C)[C](C)[C](C)[C]1C.[C-]#[O+].[C-]#[O+].[Rh]=[Rh]. The zero-order valence-electron chi connectivity index (χ0n) is 17.5. The van der Waals surface area contributed by atoms with Gasteiger partial charge in [0.25, 0.3) is 0 Å². The summed E-state index contributed by atoms with van der Waals surface area (Å²) in [5, 5.41) is 0. The van der Waals surface area contributed by atoms with Gasteiger partial charge in [-0.15, -0.1) is 0 Å². The standard InChI is InChI=1S/2C10H15.2CO.2Rh/c2*1-6-7(2)9(4)10(5)8(6)3;2*1-2;;/h2*1-5H3;;;;. The van der Waals surface area contributed by atoms with Crippen LogP contribution in [0.25, 0.3) is 0 Å². The third kappa shape index (κ3) is 8.39. The third-order valence-electron chi connectivity index (χ3n) is 5.62. The van der Waals surface area contributed by atoms with Crippen molar-refractivity contribution >= 4 is 0 Å². The quantitative estimate of drug-likeness (QED) is 0.213. The van der Waals surface area contributed by atoms with E-state index in [1.54, 1.807) is 0 Å². The number of hydrogen-bond acceptors (Lipinski definition) is 0. The fraction of sp³-hybridized carbons (Fsp3) is 0.455. The number of rotatable bonds is 0. The van der Waals surface area contributed by atoms with Crippen LogP contribution in [-0.4, -0.2) is 0 Å². The Morgan fingerprint density at radius 2 is 0.385 bits per heavy atom. The van der Waals surface area contributed by atoms with Crippen LogP contribution in [0.4, 0.5) is 0 Å². The minimum atomic E-state index is 1.47. The third-order valence-corrected chi connectivity index (χ3v) is 5.62. The van der Waals surface area contributed by atoms with Crippen molar-refractivity contribution < 1.29 is 39.8 Å². The fourth-order valence-electron chi connectivity index (χ4n) is 2.81. The Kier molecular flexibility index (Phi) is 20.1. The molecule has 0 unspecified atom stereocenters. The van der Waals surface area contributed by atoms with Gasteiger partial charge < -0.3 is 0 Å². The summed E-state index contributed by atoms with van der Waals surface area (Å²) >= 11 is 4.88. The first-order valence-corrected chi connectivity index (χ1v) is 11.8. The molecular weight excluding hydrogens is 502 g/mol. The minimum absolute atomic E-state index is 1.47. The summed E-state index contributed by atoms with van der Waals surface area (Å²) in [5.74, 6) is 14.7. The maximum absolute atomic E-state index is 7.50. The van der Waals surface area contributed by atoms with Crippen molar-refractivity contribution in [2.45, 2.75) is 69.2 Å². The van der Waals surface area contributed by atoms with E-state index in [1.165, 1.54) is 59.2 Å². The van der Waals surface area contributed by atoms with E-state index in [1.807, 2.05) is 0 Å². The molecule has 2 aliphatic carbocycles. The second-order valence-electron chi connectivity index (χ2n) is 6.25. The van der Waals surface area contributed by atoms with Gasteiger partial charge in [0.2, 0.25) is 0 Å². The van der Waals surface area contributed by atoms with Crippen LogP contribution in [0.3, 0.4) is 0 Å². The van der Waals surface area contributed by atoms with Crippen LogP contribution >= 0.6 is 0 Å². The van der Waals surface area contributed by atoms with E-state index in [2.05, 4.69) is 113 Å². The molecule has 2 rings (SSSR count). The van der Waals surface area contributed by atoms with Crippen molar-refractivity contribution in [1.29, 1.82) is 0 Å². The monoisotopic (exact) mass is 532 g/mol. The molecule has 0 aromatic heterocycles. The fourth-order valence-corrected chi connectivity index (χ4v) is 2.81. The summed E-state index contributed by atoms with van der Waals surface area (Å²) in [6, 6.07) is 0. The van der Waals surface area contributed by atoms with Gasteiger partial charge >= 0.3 is 53.1 Å². The molecule has 4 heteroatoms. The summed E-state index contributed by atoms with van der Waals surface area (Å²) in [6.07, 6.45) is 0. The van der Waals surface area contributed by atoms with Gasteiger partial charge in [-0.05, 0) is 59.2 Å². The van der Waals surface area contributed by atoms with E-state index in [9.17, 15) is 0 Å². The average Bonchev–Trinajstić information content (AvgIpc) is 2.97. The van der Waals surface area contributed by atoms with Gasteiger partial charge in [0.05, 0.1) is 0 Å². The molecule has 26 heavy (non-hydrogen) atoms. The molecule has 0 bridgehead atoms. The molecule has 0 aromatic rings. The van der Waals surface area contributed by atoms with Crippen molar-refractivity contribution in [3.8, 4) is 0 Å². The molecule has 0 aliphatic heterocycles. The molecule has 0 N–H and O–H groups in total. The van der Waals surface area contributed by atoms with Crippen molar-refractivity contribution in [3.05, 3.63) is 72.5 Å². The van der Waals surface area contributed by atoms with Crippen LogP contribution in [0.5, 0.6) is 0 Å². The van der Waals surface area contributed by atoms with Crippen LogP contribution in [0.2, 0.25) is 0 Å². The first kappa shape index (κ1) is 31.4. The molecule has 2 nitrogen and oxygen atoms in total. The molecule has 0 spiro atoms. The normalized spacial score (nSPS) is 22.3. The predicted molar refractivity (Wildman–Crippen MR) is 97.0 cm³/mol. The van der Waals surface area contributed by atoms with Crippen molar-refractivity contribution in [2.24, 2.45) is 0 Å². The molecule has 0 saturated heterocycles. The first-order chi connectivity index (χ1) is 12.1. The molecule has 148 valence electrons. The first-order valence-electron chi connectivity index (χ1n) is 8.02. The molecule has 0 aromatic carbocycles. The molecular formula is C22H30O2Rh2. The van der Waals surface area contributed by atoms with Crippen LogP contribution in [0.1, 0.15) is 69.2 Å². The maximum atomic E-state index is 7.50. The Bertz CT molecular complexity index is 270. The molecule has 2 fully saturated rings. The number of hydrogen-bond donors (Lipinski definition) is 0.